The van der Waals surface area contributed by atoms with Crippen LogP contribution < -0.4 is 14.8 Å². The van der Waals surface area contributed by atoms with E-state index in [1.807, 2.05) is 0 Å². The van der Waals surface area contributed by atoms with Crippen molar-refractivity contribution in [3.63, 3.8) is 0 Å². The molecule has 0 heterocycles. The number of rotatable bonds is 6. The highest BCUT2D eigenvalue weighted by molar-refractivity contribution is 9.11. The van der Waals surface area contributed by atoms with E-state index in [-0.39, 0.29) is 11.4 Å². The molecule has 4 rings (SSSR count). The molecular weight excluding hydrogens is 507 g/mol. The minimum atomic E-state index is -3.92. The van der Waals surface area contributed by atoms with E-state index in [4.69, 9.17) is 4.74 Å². The van der Waals surface area contributed by atoms with E-state index in [1.165, 1.54) is 13.2 Å². The van der Waals surface area contributed by atoms with E-state index in [9.17, 15) is 17.6 Å². The van der Waals surface area contributed by atoms with E-state index >= 15 is 0 Å². The maximum absolute atomic E-state index is 14.2. The van der Waals surface area contributed by atoms with Gasteiger partial charge in [-0.15, -0.1) is 0 Å². The summed E-state index contributed by atoms with van der Waals surface area (Å²) in [4.78, 5) is 12.3. The van der Waals surface area contributed by atoms with Gasteiger partial charge in [0.25, 0.3) is 0 Å². The average molecular weight is 528 g/mol. The largest absolute Gasteiger partial charge is 0.496 e. The standard InChI is InChI=1S/C17H21Br2FN2O4S/c1-26-13-9-14(12(19)8-11(13)18)27(24,25)21-10-15(23)22-17-5-2-16(20,3-6-17)4-7-17/h8-9,21H,2-7,10H2,1H3,(H,22,23). The van der Waals surface area contributed by atoms with Crippen molar-refractivity contribution < 1.29 is 22.3 Å². The Labute approximate surface area is 174 Å². The maximum Gasteiger partial charge on any atom is 0.242 e. The third-order valence-corrected chi connectivity index (χ3v) is 8.46. The van der Waals surface area contributed by atoms with Crippen molar-refractivity contribution in [2.45, 2.75) is 54.6 Å². The van der Waals surface area contributed by atoms with Crippen molar-refractivity contribution in [3.05, 3.63) is 21.1 Å². The molecule has 0 aliphatic heterocycles. The lowest BCUT2D eigenvalue weighted by molar-refractivity contribution is -0.124. The van der Waals surface area contributed by atoms with Crippen LogP contribution in [0.15, 0.2) is 26.0 Å². The van der Waals surface area contributed by atoms with Gasteiger partial charge >= 0.3 is 0 Å². The molecule has 0 radical (unpaired) electrons. The maximum atomic E-state index is 14.2. The number of methoxy groups -OCH3 is 1. The summed E-state index contributed by atoms with van der Waals surface area (Å²) in [6.45, 7) is -0.379. The lowest BCUT2D eigenvalue weighted by Crippen LogP contribution is -2.58. The fourth-order valence-electron chi connectivity index (χ4n) is 3.78. The molecule has 0 aromatic heterocycles. The number of fused-ring (bicyclic) bond motifs is 3. The van der Waals surface area contributed by atoms with Crippen LogP contribution in [0.1, 0.15) is 38.5 Å². The second-order valence-electron chi connectivity index (χ2n) is 7.22. The Hall–Kier alpha value is -0.710. The lowest BCUT2D eigenvalue weighted by atomic mass is 9.64. The van der Waals surface area contributed by atoms with E-state index in [0.717, 1.165) is 0 Å². The van der Waals surface area contributed by atoms with Crippen molar-refractivity contribution in [2.24, 2.45) is 0 Å². The van der Waals surface area contributed by atoms with Crippen LogP contribution in [0.5, 0.6) is 5.75 Å². The minimum absolute atomic E-state index is 0.0222. The zero-order valence-corrected chi connectivity index (χ0v) is 18.8. The van der Waals surface area contributed by atoms with E-state index in [1.54, 1.807) is 6.07 Å². The number of sulfonamides is 1. The Morgan fingerprint density at radius 3 is 2.30 bits per heavy atom. The molecule has 0 unspecified atom stereocenters. The van der Waals surface area contributed by atoms with E-state index < -0.39 is 27.1 Å². The topological polar surface area (TPSA) is 84.5 Å². The molecular formula is C17H21Br2FN2O4S. The molecule has 2 N–H and O–H groups in total. The van der Waals surface area contributed by atoms with Crippen LogP contribution >= 0.6 is 31.9 Å². The van der Waals surface area contributed by atoms with Crippen LogP contribution in [0.2, 0.25) is 0 Å². The molecule has 1 aromatic carbocycles. The monoisotopic (exact) mass is 526 g/mol. The third-order valence-electron chi connectivity index (χ3n) is 5.48. The van der Waals surface area contributed by atoms with Crippen LogP contribution in [0.25, 0.3) is 0 Å². The Morgan fingerprint density at radius 1 is 1.15 bits per heavy atom. The zero-order chi connectivity index (χ0) is 19.9. The van der Waals surface area contributed by atoms with Crippen LogP contribution in [-0.4, -0.2) is 39.2 Å². The SMILES string of the molecule is COc1cc(S(=O)(=O)NCC(=O)NC23CCC(F)(CC2)CC3)c(Br)cc1Br. The third kappa shape index (κ3) is 4.49. The minimum Gasteiger partial charge on any atom is -0.496 e. The smallest absolute Gasteiger partial charge is 0.242 e. The van der Waals surface area contributed by atoms with Crippen molar-refractivity contribution in [1.82, 2.24) is 10.0 Å². The number of halogens is 3. The second-order valence-corrected chi connectivity index (χ2v) is 10.7. The number of amides is 1. The fraction of sp³-hybridized carbons (Fsp3) is 0.588. The molecule has 0 atom stereocenters. The number of alkyl halides is 1. The van der Waals surface area contributed by atoms with Gasteiger partial charge in [0.2, 0.25) is 15.9 Å². The highest BCUT2D eigenvalue weighted by Crippen LogP contribution is 2.48. The van der Waals surface area contributed by atoms with Gasteiger partial charge in [0, 0.05) is 16.1 Å². The first-order valence-corrected chi connectivity index (χ1v) is 11.7. The molecule has 3 aliphatic carbocycles. The summed E-state index contributed by atoms with van der Waals surface area (Å²) in [5, 5.41) is 2.93. The summed E-state index contributed by atoms with van der Waals surface area (Å²) in [5.74, 6) is -0.0481. The number of hydrogen-bond acceptors (Lipinski definition) is 4. The Balaban J connectivity index is 1.65. The number of carbonyl (C=O) groups is 1. The van der Waals surface area contributed by atoms with Crippen LogP contribution in [0.3, 0.4) is 0 Å². The van der Waals surface area contributed by atoms with Crippen molar-refractivity contribution in [1.29, 1.82) is 0 Å². The number of ether oxygens (including phenoxy) is 1. The van der Waals surface area contributed by atoms with Crippen molar-refractivity contribution in [2.75, 3.05) is 13.7 Å². The summed E-state index contributed by atoms with van der Waals surface area (Å²) >= 11 is 6.51. The highest BCUT2D eigenvalue weighted by Gasteiger charge is 2.49. The summed E-state index contributed by atoms with van der Waals surface area (Å²) in [6, 6.07) is 2.94. The van der Waals surface area contributed by atoms with Gasteiger partial charge in [0.05, 0.1) is 23.0 Å². The molecule has 3 fully saturated rings. The molecule has 10 heteroatoms. The number of hydrogen-bond donors (Lipinski definition) is 2. The zero-order valence-electron chi connectivity index (χ0n) is 14.8. The number of nitrogens with one attached hydrogen (secondary N) is 2. The van der Waals surface area contributed by atoms with Gasteiger partial charge in [-0.05, 0) is 76.5 Å². The Morgan fingerprint density at radius 2 is 1.74 bits per heavy atom. The van der Waals surface area contributed by atoms with Gasteiger partial charge in [-0.3, -0.25) is 4.79 Å². The molecule has 0 spiro atoms. The molecule has 3 saturated carbocycles. The molecule has 0 saturated heterocycles. The first-order chi connectivity index (χ1) is 12.6. The predicted molar refractivity (Wildman–Crippen MR) is 106 cm³/mol. The molecule has 1 amide bonds. The van der Waals surface area contributed by atoms with Gasteiger partial charge in [-0.25, -0.2) is 17.5 Å². The number of carbonyl (C=O) groups excluding carboxylic acids is 1. The Kier molecular flexibility index (Phi) is 5.92. The van der Waals surface area contributed by atoms with Crippen LogP contribution in [0, 0.1) is 0 Å². The van der Waals surface area contributed by atoms with Crippen molar-refractivity contribution >= 4 is 47.8 Å². The average Bonchev–Trinajstić information content (AvgIpc) is 2.61. The van der Waals surface area contributed by atoms with Gasteiger partial charge in [-0.1, -0.05) is 0 Å². The summed E-state index contributed by atoms with van der Waals surface area (Å²) in [5.41, 5.74) is -1.49. The quantitative estimate of drug-likeness (QED) is 0.593. The first-order valence-electron chi connectivity index (χ1n) is 8.61. The van der Waals surface area contributed by atoms with Crippen molar-refractivity contribution in [3.8, 4) is 5.75 Å². The lowest BCUT2D eigenvalue weighted by Gasteiger charge is -2.49. The van der Waals surface area contributed by atoms with Gasteiger partial charge in [0.1, 0.15) is 11.4 Å². The van der Waals surface area contributed by atoms with Gasteiger partial charge < -0.3 is 10.1 Å². The van der Waals surface area contributed by atoms with E-state index in [0.29, 0.717) is 53.2 Å². The van der Waals surface area contributed by atoms with E-state index in [2.05, 4.69) is 41.9 Å². The number of benzene rings is 1. The summed E-state index contributed by atoms with van der Waals surface area (Å²) < 4.78 is 47.8. The molecule has 2 bridgehead atoms. The molecule has 1 aromatic rings. The fourth-order valence-corrected chi connectivity index (χ4v) is 6.63. The van der Waals surface area contributed by atoms with Gasteiger partial charge in [-0.2, -0.15) is 0 Å². The molecule has 6 nitrogen and oxygen atoms in total. The normalized spacial score (nSPS) is 27.4. The molecule has 3 aliphatic rings. The molecule has 150 valence electrons. The van der Waals surface area contributed by atoms with Gasteiger partial charge in [0.15, 0.2) is 0 Å². The second kappa shape index (κ2) is 7.61. The first kappa shape index (κ1) is 21.0. The van der Waals surface area contributed by atoms with Crippen LogP contribution in [0.4, 0.5) is 4.39 Å². The van der Waals surface area contributed by atoms with Crippen LogP contribution in [-0.2, 0) is 14.8 Å². The summed E-state index contributed by atoms with van der Waals surface area (Å²) in [7, 11) is -2.49. The predicted octanol–water partition coefficient (Wildman–Crippen LogP) is 3.43. The summed E-state index contributed by atoms with van der Waals surface area (Å²) in [6.07, 6.45) is 3.13. The Bertz CT molecular complexity index is 838. The highest BCUT2D eigenvalue weighted by atomic mass is 79.9. The molecule has 27 heavy (non-hydrogen) atoms.